The molecule has 1 aliphatic rings. The van der Waals surface area contributed by atoms with E-state index in [1.54, 1.807) is 0 Å². The Hall–Kier alpha value is -1.69. The van der Waals surface area contributed by atoms with Gasteiger partial charge >= 0.3 is 12.0 Å². The monoisotopic (exact) mass is 280 g/mol. The summed E-state index contributed by atoms with van der Waals surface area (Å²) in [5.41, 5.74) is 1.15. The zero-order chi connectivity index (χ0) is 13.7. The van der Waals surface area contributed by atoms with Crippen molar-refractivity contribution in [1.29, 1.82) is 0 Å². The van der Waals surface area contributed by atoms with Crippen molar-refractivity contribution >= 4 is 23.8 Å². The molecule has 0 aliphatic carbocycles. The maximum Gasteiger partial charge on any atom is 0.327 e. The number of amides is 2. The minimum Gasteiger partial charge on any atom is -0.480 e. The molecule has 1 aromatic carbocycles. The lowest BCUT2D eigenvalue weighted by molar-refractivity contribution is -0.140. The van der Waals surface area contributed by atoms with Crippen LogP contribution in [0.3, 0.4) is 0 Å². The quantitative estimate of drug-likeness (QED) is 0.874. The average Bonchev–Trinajstić information content (AvgIpc) is 2.89. The van der Waals surface area contributed by atoms with Crippen LogP contribution < -0.4 is 5.32 Å². The number of carboxylic acid groups (broad SMARTS) is 1. The van der Waals surface area contributed by atoms with Crippen LogP contribution in [0.2, 0.25) is 0 Å². The molecule has 1 heterocycles. The molecule has 19 heavy (non-hydrogen) atoms. The predicted octanol–water partition coefficient (Wildman–Crippen LogP) is 1.40. The lowest BCUT2D eigenvalue weighted by Crippen LogP contribution is -2.47. The van der Waals surface area contributed by atoms with Crippen molar-refractivity contribution in [2.45, 2.75) is 12.5 Å². The predicted molar refractivity (Wildman–Crippen MR) is 74.1 cm³/mol. The van der Waals surface area contributed by atoms with E-state index in [2.05, 4.69) is 5.32 Å². The van der Waals surface area contributed by atoms with Crippen LogP contribution >= 0.6 is 11.8 Å². The highest BCUT2D eigenvalue weighted by molar-refractivity contribution is 7.99. The van der Waals surface area contributed by atoms with Crippen molar-refractivity contribution in [2.75, 3.05) is 18.2 Å². The lowest BCUT2D eigenvalue weighted by atomic mass is 10.1. The number of benzene rings is 1. The molecule has 1 aliphatic heterocycles. The van der Waals surface area contributed by atoms with E-state index in [9.17, 15) is 9.59 Å². The molecule has 102 valence electrons. The van der Waals surface area contributed by atoms with E-state index >= 15 is 0 Å². The number of urea groups is 1. The van der Waals surface area contributed by atoms with Gasteiger partial charge in [-0.15, -0.1) is 11.8 Å². The highest BCUT2D eigenvalue weighted by Crippen LogP contribution is 2.20. The van der Waals surface area contributed by atoms with Gasteiger partial charge in [0.05, 0.1) is 5.88 Å². The van der Waals surface area contributed by atoms with E-state index in [1.165, 1.54) is 16.7 Å². The van der Waals surface area contributed by atoms with Crippen LogP contribution in [0, 0.1) is 0 Å². The fraction of sp³-hybridized carbons (Fsp3) is 0.385. The topological polar surface area (TPSA) is 69.6 Å². The number of carbonyl (C=O) groups is 2. The number of carboxylic acids is 1. The molecule has 1 atom stereocenters. The molecular formula is C13H16N2O3S. The highest BCUT2D eigenvalue weighted by Gasteiger charge is 2.34. The molecular weight excluding hydrogens is 264 g/mol. The number of nitrogens with zero attached hydrogens (tertiary/aromatic N) is 1. The second kappa shape index (κ2) is 6.47. The van der Waals surface area contributed by atoms with Gasteiger partial charge in [-0.2, -0.15) is 0 Å². The molecule has 0 bridgehead atoms. The number of hydrogen-bond donors (Lipinski definition) is 2. The fourth-order valence-electron chi connectivity index (χ4n) is 1.91. The van der Waals surface area contributed by atoms with Crippen LogP contribution in [0.25, 0.3) is 0 Å². The molecule has 2 N–H and O–H groups in total. The van der Waals surface area contributed by atoms with Gasteiger partial charge in [-0.3, -0.25) is 0 Å². The summed E-state index contributed by atoms with van der Waals surface area (Å²) in [6.07, 6.45) is 0.741. The van der Waals surface area contributed by atoms with Gasteiger partial charge in [0, 0.05) is 12.3 Å². The minimum atomic E-state index is -0.941. The largest absolute Gasteiger partial charge is 0.480 e. The summed E-state index contributed by atoms with van der Waals surface area (Å²) in [5, 5.41) is 11.8. The Morgan fingerprint density at radius 1 is 1.37 bits per heavy atom. The molecule has 1 aromatic rings. The summed E-state index contributed by atoms with van der Waals surface area (Å²) in [6, 6.07) is 8.84. The van der Waals surface area contributed by atoms with Crippen molar-refractivity contribution < 1.29 is 14.7 Å². The third-order valence-electron chi connectivity index (χ3n) is 2.96. The smallest absolute Gasteiger partial charge is 0.327 e. The first-order chi connectivity index (χ1) is 9.18. The summed E-state index contributed by atoms with van der Waals surface area (Å²) in [7, 11) is 0. The molecule has 6 heteroatoms. The van der Waals surface area contributed by atoms with E-state index in [1.807, 2.05) is 30.3 Å². The Balaban J connectivity index is 1.80. The Kier molecular flexibility index (Phi) is 4.68. The van der Waals surface area contributed by atoms with E-state index in [0.717, 1.165) is 12.0 Å². The number of rotatable bonds is 4. The van der Waals surface area contributed by atoms with Crippen molar-refractivity contribution in [2.24, 2.45) is 0 Å². The molecule has 5 nitrogen and oxygen atoms in total. The molecule has 0 radical (unpaired) electrons. The molecule has 0 aromatic heterocycles. The Morgan fingerprint density at radius 3 is 2.79 bits per heavy atom. The lowest BCUT2D eigenvalue weighted by Gasteiger charge is -2.20. The van der Waals surface area contributed by atoms with E-state index in [-0.39, 0.29) is 6.03 Å². The number of aliphatic carboxylic acids is 1. The van der Waals surface area contributed by atoms with Crippen LogP contribution in [0.1, 0.15) is 5.56 Å². The number of hydrogen-bond acceptors (Lipinski definition) is 3. The van der Waals surface area contributed by atoms with Crippen LogP contribution in [-0.4, -0.2) is 46.2 Å². The Morgan fingerprint density at radius 2 is 2.11 bits per heavy atom. The van der Waals surface area contributed by atoms with E-state index in [0.29, 0.717) is 18.2 Å². The number of thioether (sulfide) groups is 1. The second-order valence-electron chi connectivity index (χ2n) is 4.29. The Bertz CT molecular complexity index is 452. The van der Waals surface area contributed by atoms with Crippen molar-refractivity contribution in [3.63, 3.8) is 0 Å². The second-order valence-corrected chi connectivity index (χ2v) is 5.29. The summed E-state index contributed by atoms with van der Waals surface area (Å²) >= 11 is 1.46. The third-order valence-corrected chi connectivity index (χ3v) is 3.97. The molecule has 1 saturated heterocycles. The molecule has 2 rings (SSSR count). The van der Waals surface area contributed by atoms with E-state index < -0.39 is 12.0 Å². The zero-order valence-corrected chi connectivity index (χ0v) is 11.2. The highest BCUT2D eigenvalue weighted by atomic mass is 32.2. The number of nitrogens with one attached hydrogen (secondary N) is 1. The van der Waals surface area contributed by atoms with Crippen LogP contribution in [0.5, 0.6) is 0 Å². The first kappa shape index (κ1) is 13.7. The van der Waals surface area contributed by atoms with Crippen molar-refractivity contribution in [3.05, 3.63) is 35.9 Å². The first-order valence-electron chi connectivity index (χ1n) is 6.07. The van der Waals surface area contributed by atoms with Gasteiger partial charge in [0.15, 0.2) is 0 Å². The van der Waals surface area contributed by atoms with Gasteiger partial charge in [-0.25, -0.2) is 9.59 Å². The average molecular weight is 280 g/mol. The molecule has 1 unspecified atom stereocenters. The van der Waals surface area contributed by atoms with Gasteiger partial charge in [-0.1, -0.05) is 30.3 Å². The third kappa shape index (κ3) is 3.64. The van der Waals surface area contributed by atoms with Gasteiger partial charge in [0.1, 0.15) is 6.04 Å². The Labute approximate surface area is 116 Å². The van der Waals surface area contributed by atoms with Crippen molar-refractivity contribution in [3.8, 4) is 0 Å². The summed E-state index contributed by atoms with van der Waals surface area (Å²) in [5.74, 6) is -0.0431. The normalized spacial score (nSPS) is 18.3. The van der Waals surface area contributed by atoms with Gasteiger partial charge in [0.2, 0.25) is 0 Å². The van der Waals surface area contributed by atoms with Gasteiger partial charge in [0.25, 0.3) is 0 Å². The van der Waals surface area contributed by atoms with Gasteiger partial charge in [-0.05, 0) is 12.0 Å². The molecule has 0 saturated carbocycles. The summed E-state index contributed by atoms with van der Waals surface area (Å²) in [6.45, 7) is 0.510. The minimum absolute atomic E-state index is 0.298. The molecule has 2 amide bonds. The maximum atomic E-state index is 11.9. The van der Waals surface area contributed by atoms with Crippen LogP contribution in [-0.2, 0) is 11.2 Å². The summed E-state index contributed by atoms with van der Waals surface area (Å²) in [4.78, 5) is 24.2. The zero-order valence-electron chi connectivity index (χ0n) is 10.4. The van der Waals surface area contributed by atoms with Crippen molar-refractivity contribution in [1.82, 2.24) is 10.2 Å². The van der Waals surface area contributed by atoms with Crippen LogP contribution in [0.4, 0.5) is 4.79 Å². The molecule has 0 spiro atoms. The summed E-state index contributed by atoms with van der Waals surface area (Å²) < 4.78 is 0. The maximum absolute atomic E-state index is 11.9. The molecule has 1 fully saturated rings. The number of carbonyl (C=O) groups excluding carboxylic acids is 1. The van der Waals surface area contributed by atoms with Gasteiger partial charge < -0.3 is 15.3 Å². The standard InChI is InChI=1S/C13H16N2O3S/c16-12(17)11-8-19-9-15(11)13(18)14-7-6-10-4-2-1-3-5-10/h1-5,11H,6-9H2,(H,14,18)(H,16,17). The van der Waals surface area contributed by atoms with Crippen LogP contribution in [0.15, 0.2) is 30.3 Å². The fourth-order valence-corrected chi connectivity index (χ4v) is 3.05. The van der Waals surface area contributed by atoms with E-state index in [4.69, 9.17) is 5.11 Å². The SMILES string of the molecule is O=C(O)C1CSCN1C(=O)NCCc1ccccc1. The first-order valence-corrected chi connectivity index (χ1v) is 7.23.